The van der Waals surface area contributed by atoms with Crippen LogP contribution in [0.15, 0.2) is 60.8 Å². The Hall–Kier alpha value is -2.40. The summed E-state index contributed by atoms with van der Waals surface area (Å²) in [7, 11) is 0. The third kappa shape index (κ3) is 46.3. The first-order chi connectivity index (χ1) is 28.6. The van der Waals surface area contributed by atoms with Crippen LogP contribution in [0.3, 0.4) is 0 Å². The molecule has 336 valence electrons. The third-order valence-corrected chi connectivity index (χ3v) is 10.8. The van der Waals surface area contributed by atoms with Gasteiger partial charge < -0.3 is 14.6 Å². The van der Waals surface area contributed by atoms with Gasteiger partial charge in [-0.1, -0.05) is 229 Å². The highest BCUT2D eigenvalue weighted by Gasteiger charge is 2.15. The van der Waals surface area contributed by atoms with Gasteiger partial charge in [-0.15, -0.1) is 0 Å². The van der Waals surface area contributed by atoms with Crippen LogP contribution in [0.4, 0.5) is 0 Å². The van der Waals surface area contributed by atoms with Gasteiger partial charge in [0, 0.05) is 12.8 Å². The number of carbonyl (C=O) groups excluding carboxylic acids is 2. The molecule has 0 saturated heterocycles. The molecular weight excluding hydrogens is 717 g/mol. The van der Waals surface area contributed by atoms with Crippen molar-refractivity contribution >= 4 is 11.9 Å². The zero-order valence-electron chi connectivity index (χ0n) is 38.3. The van der Waals surface area contributed by atoms with Crippen molar-refractivity contribution in [1.82, 2.24) is 0 Å². The fourth-order valence-corrected chi connectivity index (χ4v) is 7.09. The van der Waals surface area contributed by atoms with Crippen LogP contribution in [0.2, 0.25) is 0 Å². The van der Waals surface area contributed by atoms with Crippen LogP contribution in [0.1, 0.15) is 245 Å². The maximum Gasteiger partial charge on any atom is 0.306 e. The molecule has 0 radical (unpaired) electrons. The van der Waals surface area contributed by atoms with Crippen LogP contribution >= 0.6 is 0 Å². The van der Waals surface area contributed by atoms with Crippen molar-refractivity contribution < 1.29 is 24.2 Å². The summed E-state index contributed by atoms with van der Waals surface area (Å²) in [5, 5.41) is 9.57. The van der Waals surface area contributed by atoms with E-state index in [9.17, 15) is 14.7 Å². The number of aliphatic hydroxyl groups excluding tert-OH is 1. The summed E-state index contributed by atoms with van der Waals surface area (Å²) < 4.78 is 10.6. The number of ether oxygens (including phenoxy) is 2. The first kappa shape index (κ1) is 55.6. The van der Waals surface area contributed by atoms with Gasteiger partial charge in [-0.05, 0) is 64.2 Å². The highest BCUT2D eigenvalue weighted by Crippen LogP contribution is 2.16. The van der Waals surface area contributed by atoms with Gasteiger partial charge >= 0.3 is 11.9 Å². The van der Waals surface area contributed by atoms with E-state index in [1.165, 1.54) is 167 Å². The molecule has 0 aliphatic heterocycles. The molecule has 0 heterocycles. The summed E-state index contributed by atoms with van der Waals surface area (Å²) >= 11 is 0. The lowest BCUT2D eigenvalue weighted by Crippen LogP contribution is -2.28. The molecule has 5 heteroatoms. The molecular formula is C53H94O5. The Bertz CT molecular complexity index is 1010. The van der Waals surface area contributed by atoms with Crippen LogP contribution in [0.25, 0.3) is 0 Å². The standard InChI is InChI=1S/C53H94O5/c1-3-5-7-9-11-13-15-17-18-19-20-21-22-23-24-25-26-27-28-29-30-31-32-33-34-36-37-39-41-43-45-47-52(55)57-50-51(49-54)58-53(56)48-46-44-42-40-38-35-16-14-12-10-8-6-4-2/h6,8,12,14,19-20,35,38,42,44,51,54H,3-5,7,9-11,13,15-18,21-34,36-37,39-41,43,45-50H2,1-2H3/b8-6-,14-12-,20-19-,38-35-,44-42-. The van der Waals surface area contributed by atoms with E-state index >= 15 is 0 Å². The number of aliphatic hydroxyl groups is 1. The molecule has 1 atom stereocenters. The minimum atomic E-state index is -0.810. The fourth-order valence-electron chi connectivity index (χ4n) is 7.09. The van der Waals surface area contributed by atoms with Gasteiger partial charge in [0.1, 0.15) is 6.61 Å². The number of unbranched alkanes of at least 4 members (excludes halogenated alkanes) is 27. The van der Waals surface area contributed by atoms with Crippen molar-refractivity contribution in [2.45, 2.75) is 251 Å². The van der Waals surface area contributed by atoms with Crippen LogP contribution in [0.5, 0.6) is 0 Å². The normalized spacial score (nSPS) is 12.7. The van der Waals surface area contributed by atoms with Gasteiger partial charge in [0.15, 0.2) is 6.10 Å². The molecule has 0 aromatic carbocycles. The molecule has 0 rings (SSSR count). The van der Waals surface area contributed by atoms with Crippen molar-refractivity contribution in [2.24, 2.45) is 0 Å². The second-order valence-corrected chi connectivity index (χ2v) is 16.5. The minimum Gasteiger partial charge on any atom is -0.462 e. The molecule has 1 unspecified atom stereocenters. The Labute approximate surface area is 360 Å². The topological polar surface area (TPSA) is 72.8 Å². The highest BCUT2D eigenvalue weighted by molar-refractivity contribution is 5.70. The largest absolute Gasteiger partial charge is 0.462 e. The van der Waals surface area contributed by atoms with Gasteiger partial charge in [0.2, 0.25) is 0 Å². The quantitative estimate of drug-likeness (QED) is 0.0377. The van der Waals surface area contributed by atoms with Crippen LogP contribution in [0, 0.1) is 0 Å². The summed E-state index contributed by atoms with van der Waals surface area (Å²) in [6.45, 7) is 3.97. The van der Waals surface area contributed by atoms with Crippen molar-refractivity contribution in [3.63, 3.8) is 0 Å². The van der Waals surface area contributed by atoms with Crippen LogP contribution in [-0.2, 0) is 19.1 Å². The van der Waals surface area contributed by atoms with E-state index in [0.717, 1.165) is 44.9 Å². The predicted octanol–water partition coefficient (Wildman–Crippen LogP) is 16.3. The first-order valence-corrected chi connectivity index (χ1v) is 24.8. The molecule has 0 fully saturated rings. The smallest absolute Gasteiger partial charge is 0.306 e. The van der Waals surface area contributed by atoms with Crippen LogP contribution < -0.4 is 0 Å². The fraction of sp³-hybridized carbons (Fsp3) is 0.774. The number of hydrogen-bond acceptors (Lipinski definition) is 5. The maximum atomic E-state index is 12.2. The summed E-state index contributed by atoms with van der Waals surface area (Å²) in [6, 6.07) is 0. The van der Waals surface area contributed by atoms with Crippen molar-refractivity contribution in [2.75, 3.05) is 13.2 Å². The number of carbonyl (C=O) groups is 2. The summed E-state index contributed by atoms with van der Waals surface area (Å²) in [6.07, 6.45) is 64.9. The van der Waals surface area contributed by atoms with Gasteiger partial charge in [0.25, 0.3) is 0 Å². The van der Waals surface area contributed by atoms with Crippen LogP contribution in [-0.4, -0.2) is 36.4 Å². The lowest BCUT2D eigenvalue weighted by molar-refractivity contribution is -0.161. The Balaban J connectivity index is 3.46. The molecule has 0 aliphatic rings. The zero-order chi connectivity index (χ0) is 42.1. The number of rotatable bonds is 45. The molecule has 0 bridgehead atoms. The highest BCUT2D eigenvalue weighted by atomic mass is 16.6. The predicted molar refractivity (Wildman–Crippen MR) is 251 cm³/mol. The van der Waals surface area contributed by atoms with Gasteiger partial charge in [-0.3, -0.25) is 9.59 Å². The molecule has 0 aromatic rings. The van der Waals surface area contributed by atoms with Crippen molar-refractivity contribution in [3.8, 4) is 0 Å². The second kappa shape index (κ2) is 49.0. The number of hydrogen-bond donors (Lipinski definition) is 1. The van der Waals surface area contributed by atoms with Crippen molar-refractivity contribution in [3.05, 3.63) is 60.8 Å². The average Bonchev–Trinajstić information content (AvgIpc) is 3.23. The summed E-state index contributed by atoms with van der Waals surface area (Å²) in [5.74, 6) is -0.680. The first-order valence-electron chi connectivity index (χ1n) is 24.8. The van der Waals surface area contributed by atoms with E-state index < -0.39 is 12.1 Å². The van der Waals surface area contributed by atoms with E-state index in [-0.39, 0.29) is 25.6 Å². The number of esters is 2. The third-order valence-electron chi connectivity index (χ3n) is 10.8. The Kier molecular flexibility index (Phi) is 46.9. The van der Waals surface area contributed by atoms with E-state index in [2.05, 4.69) is 62.5 Å². The summed E-state index contributed by atoms with van der Waals surface area (Å²) in [5.41, 5.74) is 0. The monoisotopic (exact) mass is 811 g/mol. The molecule has 0 spiro atoms. The second-order valence-electron chi connectivity index (χ2n) is 16.5. The van der Waals surface area contributed by atoms with E-state index in [0.29, 0.717) is 12.8 Å². The summed E-state index contributed by atoms with van der Waals surface area (Å²) in [4.78, 5) is 24.3. The van der Waals surface area contributed by atoms with E-state index in [4.69, 9.17) is 9.47 Å². The lowest BCUT2D eigenvalue weighted by Gasteiger charge is -2.15. The molecule has 58 heavy (non-hydrogen) atoms. The Morgan fingerprint density at radius 2 is 0.776 bits per heavy atom. The van der Waals surface area contributed by atoms with Crippen molar-refractivity contribution in [1.29, 1.82) is 0 Å². The lowest BCUT2D eigenvalue weighted by atomic mass is 10.0. The Morgan fingerprint density at radius 1 is 0.414 bits per heavy atom. The molecule has 0 aliphatic carbocycles. The number of allylic oxidation sites excluding steroid dienone is 10. The SMILES string of the molecule is CC/C=C\C/C=C\C/C=C\C/C=C\CCC(=O)OC(CO)COC(=O)CCCCCCCCCCCCCCCCCCCCC/C=C\CCCCCCCCCC. The van der Waals surface area contributed by atoms with Gasteiger partial charge in [0.05, 0.1) is 6.61 Å². The Morgan fingerprint density at radius 3 is 1.19 bits per heavy atom. The minimum absolute atomic E-state index is 0.0941. The maximum absolute atomic E-state index is 12.2. The molecule has 0 aromatic heterocycles. The van der Waals surface area contributed by atoms with Gasteiger partial charge in [-0.2, -0.15) is 0 Å². The molecule has 1 N–H and O–H groups in total. The van der Waals surface area contributed by atoms with E-state index in [1.807, 2.05) is 12.2 Å². The molecule has 0 saturated carbocycles. The zero-order valence-corrected chi connectivity index (χ0v) is 38.3. The average molecular weight is 811 g/mol. The van der Waals surface area contributed by atoms with E-state index in [1.54, 1.807) is 0 Å². The van der Waals surface area contributed by atoms with Gasteiger partial charge in [-0.25, -0.2) is 0 Å². The molecule has 5 nitrogen and oxygen atoms in total. The molecule has 0 amide bonds.